The Morgan fingerprint density at radius 2 is 2.20 bits per heavy atom. The minimum absolute atomic E-state index is 0.193. The summed E-state index contributed by atoms with van der Waals surface area (Å²) in [5.41, 5.74) is 3.03. The average Bonchev–Trinajstić information content (AvgIpc) is 2.87. The van der Waals surface area contributed by atoms with Gasteiger partial charge in [0.2, 0.25) is 0 Å². The van der Waals surface area contributed by atoms with Crippen LogP contribution in [0.3, 0.4) is 0 Å². The highest BCUT2D eigenvalue weighted by Crippen LogP contribution is 2.38. The number of allylic oxidation sites excluding steroid dienone is 1. The molecule has 0 amide bonds. The SMILES string of the molecule is CC(C)Oc1cncc(C2=CCC3(CCCN3)CC2)c1. The highest BCUT2D eigenvalue weighted by molar-refractivity contribution is 5.67. The molecule has 0 saturated carbocycles. The molecule has 1 spiro atoms. The summed E-state index contributed by atoms with van der Waals surface area (Å²) in [7, 11) is 0. The van der Waals surface area contributed by atoms with E-state index in [-0.39, 0.29) is 6.10 Å². The summed E-state index contributed by atoms with van der Waals surface area (Å²) in [6.07, 6.45) is 12.5. The first-order valence-corrected chi connectivity index (χ1v) is 7.73. The maximum atomic E-state index is 5.74. The molecule has 0 aromatic carbocycles. The number of pyridine rings is 1. The number of nitrogens with one attached hydrogen (secondary N) is 1. The van der Waals surface area contributed by atoms with Crippen molar-refractivity contribution in [3.05, 3.63) is 30.1 Å². The molecule has 1 saturated heterocycles. The number of hydrogen-bond donors (Lipinski definition) is 1. The minimum Gasteiger partial charge on any atom is -0.489 e. The Kier molecular flexibility index (Phi) is 3.79. The van der Waals surface area contributed by atoms with Crippen LogP contribution in [-0.4, -0.2) is 23.2 Å². The van der Waals surface area contributed by atoms with Crippen LogP contribution in [0, 0.1) is 0 Å². The van der Waals surface area contributed by atoms with Crippen LogP contribution in [0.5, 0.6) is 5.75 Å². The average molecular weight is 272 g/mol. The van der Waals surface area contributed by atoms with Crippen LogP contribution in [0.1, 0.15) is 51.5 Å². The minimum atomic E-state index is 0.193. The zero-order chi connectivity index (χ0) is 14.0. The number of rotatable bonds is 3. The molecular weight excluding hydrogens is 248 g/mol. The van der Waals surface area contributed by atoms with E-state index in [2.05, 4.69) is 22.4 Å². The van der Waals surface area contributed by atoms with Gasteiger partial charge in [-0.1, -0.05) is 6.08 Å². The predicted molar refractivity (Wildman–Crippen MR) is 81.8 cm³/mol. The fourth-order valence-electron chi connectivity index (χ4n) is 3.35. The lowest BCUT2D eigenvalue weighted by Crippen LogP contribution is -2.40. The first-order valence-electron chi connectivity index (χ1n) is 7.73. The molecule has 1 aromatic rings. The lowest BCUT2D eigenvalue weighted by Gasteiger charge is -2.33. The molecule has 108 valence electrons. The van der Waals surface area contributed by atoms with Gasteiger partial charge in [0.05, 0.1) is 12.3 Å². The van der Waals surface area contributed by atoms with Crippen LogP contribution in [0.2, 0.25) is 0 Å². The van der Waals surface area contributed by atoms with Gasteiger partial charge in [0.25, 0.3) is 0 Å². The molecule has 1 unspecified atom stereocenters. The predicted octanol–water partition coefficient (Wildman–Crippen LogP) is 3.56. The van der Waals surface area contributed by atoms with Crippen molar-refractivity contribution in [3.8, 4) is 5.75 Å². The Bertz CT molecular complexity index is 501. The normalized spacial score (nSPS) is 26.1. The molecule has 1 aliphatic heterocycles. The standard InChI is InChI=1S/C17H24N2O/c1-13(2)20-16-10-15(11-18-12-16)14-4-7-17(8-5-14)6-3-9-19-17/h4,10-13,19H,3,5-9H2,1-2H3. The van der Waals surface area contributed by atoms with Crippen molar-refractivity contribution in [2.75, 3.05) is 6.54 Å². The summed E-state index contributed by atoms with van der Waals surface area (Å²) >= 11 is 0. The van der Waals surface area contributed by atoms with E-state index in [1.54, 1.807) is 6.20 Å². The van der Waals surface area contributed by atoms with Crippen LogP contribution in [0.15, 0.2) is 24.5 Å². The van der Waals surface area contributed by atoms with Gasteiger partial charge in [-0.2, -0.15) is 0 Å². The monoisotopic (exact) mass is 272 g/mol. The Morgan fingerprint density at radius 1 is 1.30 bits per heavy atom. The Balaban J connectivity index is 1.75. The van der Waals surface area contributed by atoms with Crippen LogP contribution in [0.25, 0.3) is 5.57 Å². The second kappa shape index (κ2) is 5.57. The van der Waals surface area contributed by atoms with E-state index >= 15 is 0 Å². The van der Waals surface area contributed by atoms with Gasteiger partial charge in [0, 0.05) is 11.7 Å². The number of ether oxygens (including phenoxy) is 1. The quantitative estimate of drug-likeness (QED) is 0.913. The van der Waals surface area contributed by atoms with Crippen molar-refractivity contribution in [2.45, 2.75) is 57.6 Å². The second-order valence-electron chi connectivity index (χ2n) is 6.32. The van der Waals surface area contributed by atoms with Gasteiger partial charge in [-0.15, -0.1) is 0 Å². The highest BCUT2D eigenvalue weighted by atomic mass is 16.5. The second-order valence-corrected chi connectivity index (χ2v) is 6.32. The summed E-state index contributed by atoms with van der Waals surface area (Å²) in [4.78, 5) is 4.32. The molecule has 1 aliphatic carbocycles. The van der Waals surface area contributed by atoms with E-state index in [1.165, 1.54) is 36.9 Å². The third kappa shape index (κ3) is 2.88. The molecule has 1 N–H and O–H groups in total. The summed E-state index contributed by atoms with van der Waals surface area (Å²) in [6.45, 7) is 5.27. The molecule has 20 heavy (non-hydrogen) atoms. The molecule has 3 heteroatoms. The molecule has 3 rings (SSSR count). The van der Waals surface area contributed by atoms with Gasteiger partial charge < -0.3 is 10.1 Å². The summed E-state index contributed by atoms with van der Waals surface area (Å²) < 4.78 is 5.74. The van der Waals surface area contributed by atoms with Crippen LogP contribution < -0.4 is 10.1 Å². The fraction of sp³-hybridized carbons (Fsp3) is 0.588. The van der Waals surface area contributed by atoms with Gasteiger partial charge in [-0.05, 0) is 69.7 Å². The van der Waals surface area contributed by atoms with Crippen LogP contribution in [-0.2, 0) is 0 Å². The van der Waals surface area contributed by atoms with Crippen molar-refractivity contribution in [1.29, 1.82) is 0 Å². The zero-order valence-corrected chi connectivity index (χ0v) is 12.5. The van der Waals surface area contributed by atoms with Crippen LogP contribution >= 0.6 is 0 Å². The molecule has 2 heterocycles. The number of hydrogen-bond acceptors (Lipinski definition) is 3. The van der Waals surface area contributed by atoms with E-state index in [0.29, 0.717) is 5.54 Å². The molecule has 3 nitrogen and oxygen atoms in total. The third-order valence-corrected chi connectivity index (χ3v) is 4.40. The molecular formula is C17H24N2O. The molecule has 1 atom stereocenters. The van der Waals surface area contributed by atoms with Crippen LogP contribution in [0.4, 0.5) is 0 Å². The maximum absolute atomic E-state index is 5.74. The van der Waals surface area contributed by atoms with E-state index in [1.807, 2.05) is 20.0 Å². The molecule has 2 aliphatic rings. The van der Waals surface area contributed by atoms with E-state index < -0.39 is 0 Å². The molecule has 0 radical (unpaired) electrons. The highest BCUT2D eigenvalue weighted by Gasteiger charge is 2.34. The topological polar surface area (TPSA) is 34.1 Å². The Morgan fingerprint density at radius 3 is 2.85 bits per heavy atom. The molecule has 1 fully saturated rings. The largest absolute Gasteiger partial charge is 0.489 e. The van der Waals surface area contributed by atoms with E-state index in [9.17, 15) is 0 Å². The van der Waals surface area contributed by atoms with Crippen molar-refractivity contribution < 1.29 is 4.74 Å². The van der Waals surface area contributed by atoms with Crippen molar-refractivity contribution in [3.63, 3.8) is 0 Å². The van der Waals surface area contributed by atoms with Gasteiger partial charge in [-0.3, -0.25) is 4.98 Å². The van der Waals surface area contributed by atoms with E-state index in [4.69, 9.17) is 4.74 Å². The first-order chi connectivity index (χ1) is 9.67. The van der Waals surface area contributed by atoms with Gasteiger partial charge >= 0.3 is 0 Å². The lowest BCUT2D eigenvalue weighted by atomic mass is 9.80. The van der Waals surface area contributed by atoms with Crippen molar-refractivity contribution in [1.82, 2.24) is 10.3 Å². The van der Waals surface area contributed by atoms with Gasteiger partial charge in [-0.25, -0.2) is 0 Å². The Labute approximate surface area is 121 Å². The Hall–Kier alpha value is -1.35. The van der Waals surface area contributed by atoms with Gasteiger partial charge in [0.1, 0.15) is 5.75 Å². The third-order valence-electron chi connectivity index (χ3n) is 4.40. The summed E-state index contributed by atoms with van der Waals surface area (Å²) in [6, 6.07) is 2.12. The van der Waals surface area contributed by atoms with E-state index in [0.717, 1.165) is 18.6 Å². The van der Waals surface area contributed by atoms with Crippen molar-refractivity contribution >= 4 is 5.57 Å². The number of nitrogens with zero attached hydrogens (tertiary/aromatic N) is 1. The zero-order valence-electron chi connectivity index (χ0n) is 12.5. The number of aromatic nitrogens is 1. The smallest absolute Gasteiger partial charge is 0.138 e. The molecule has 0 bridgehead atoms. The maximum Gasteiger partial charge on any atom is 0.138 e. The summed E-state index contributed by atoms with van der Waals surface area (Å²) in [5, 5.41) is 3.70. The summed E-state index contributed by atoms with van der Waals surface area (Å²) in [5.74, 6) is 0.873. The fourth-order valence-corrected chi connectivity index (χ4v) is 3.35. The van der Waals surface area contributed by atoms with Crippen molar-refractivity contribution in [2.24, 2.45) is 0 Å². The first kappa shape index (κ1) is 13.6. The molecule has 1 aromatic heterocycles. The lowest BCUT2D eigenvalue weighted by molar-refractivity contribution is 0.241. The van der Waals surface area contributed by atoms with Gasteiger partial charge in [0.15, 0.2) is 0 Å².